The number of hydrogen-bond acceptors (Lipinski definition) is 5. The minimum absolute atomic E-state index is 0.508. The zero-order chi connectivity index (χ0) is 14.9. The molecule has 6 nitrogen and oxygen atoms in total. The molecule has 1 aromatic carbocycles. The van der Waals surface area contributed by atoms with Crippen molar-refractivity contribution in [3.8, 4) is 17.1 Å². The number of rotatable bonds is 2. The van der Waals surface area contributed by atoms with Crippen molar-refractivity contribution >= 4 is 23.3 Å². The fourth-order valence-electron chi connectivity index (χ4n) is 2.24. The number of aromatic nitrogens is 6. The van der Waals surface area contributed by atoms with Gasteiger partial charge in [-0.05, 0) is 12.1 Å². The Hall–Kier alpha value is -2.93. The molecule has 0 aliphatic heterocycles. The van der Waals surface area contributed by atoms with E-state index in [0.717, 1.165) is 22.3 Å². The van der Waals surface area contributed by atoms with Gasteiger partial charge in [0.2, 0.25) is 0 Å². The van der Waals surface area contributed by atoms with Crippen molar-refractivity contribution in [2.24, 2.45) is 0 Å². The van der Waals surface area contributed by atoms with Crippen molar-refractivity contribution in [2.45, 2.75) is 0 Å². The number of nitrogens with zero attached hydrogens (tertiary/aromatic N) is 5. The number of hydrogen-bond donors (Lipinski definition) is 1. The van der Waals surface area contributed by atoms with Crippen LogP contribution < -0.4 is 0 Å². The molecule has 0 amide bonds. The summed E-state index contributed by atoms with van der Waals surface area (Å²) in [6.45, 7) is 0. The van der Waals surface area contributed by atoms with Crippen LogP contribution in [0.5, 0.6) is 0 Å². The molecule has 0 saturated heterocycles. The van der Waals surface area contributed by atoms with Gasteiger partial charge in [0.1, 0.15) is 10.3 Å². The van der Waals surface area contributed by atoms with Gasteiger partial charge in [-0.3, -0.25) is 0 Å². The Morgan fingerprint density at radius 1 is 1.00 bits per heavy atom. The highest BCUT2D eigenvalue weighted by atomic mass is 32.1. The van der Waals surface area contributed by atoms with Crippen LogP contribution in [0, 0.1) is 4.64 Å². The smallest absolute Gasteiger partial charge is 0.178 e. The molecule has 0 aliphatic rings. The lowest BCUT2D eigenvalue weighted by molar-refractivity contribution is 0.829. The number of benzene rings is 1. The lowest BCUT2D eigenvalue weighted by Gasteiger charge is -2.03. The van der Waals surface area contributed by atoms with E-state index in [0.29, 0.717) is 10.5 Å². The summed E-state index contributed by atoms with van der Waals surface area (Å²) >= 11 is 5.18. The van der Waals surface area contributed by atoms with E-state index in [1.165, 1.54) is 0 Å². The van der Waals surface area contributed by atoms with E-state index >= 15 is 0 Å². The fourth-order valence-corrected chi connectivity index (χ4v) is 2.44. The summed E-state index contributed by atoms with van der Waals surface area (Å²) in [7, 11) is 0. The zero-order valence-corrected chi connectivity index (χ0v) is 12.2. The van der Waals surface area contributed by atoms with Crippen molar-refractivity contribution in [1.82, 2.24) is 29.9 Å². The second-order valence-corrected chi connectivity index (χ2v) is 5.06. The maximum Gasteiger partial charge on any atom is 0.178 e. The van der Waals surface area contributed by atoms with Crippen LogP contribution in [0.15, 0.2) is 55.0 Å². The highest BCUT2D eigenvalue weighted by Gasteiger charge is 2.09. The Morgan fingerprint density at radius 2 is 1.86 bits per heavy atom. The Labute approximate surface area is 130 Å². The van der Waals surface area contributed by atoms with E-state index in [-0.39, 0.29) is 0 Å². The maximum absolute atomic E-state index is 5.18. The molecule has 3 heterocycles. The monoisotopic (exact) mass is 306 g/mol. The first-order valence-electron chi connectivity index (χ1n) is 6.64. The van der Waals surface area contributed by atoms with Gasteiger partial charge in [0, 0.05) is 5.56 Å². The maximum atomic E-state index is 5.18. The summed E-state index contributed by atoms with van der Waals surface area (Å²) in [5, 5.41) is 13.6. The Bertz CT molecular complexity index is 988. The molecule has 4 rings (SSSR count). The van der Waals surface area contributed by atoms with Gasteiger partial charge in [-0.1, -0.05) is 42.5 Å². The first kappa shape index (κ1) is 12.8. The van der Waals surface area contributed by atoms with Crippen molar-refractivity contribution < 1.29 is 0 Å². The number of nitrogens with one attached hydrogen (secondary N) is 1. The van der Waals surface area contributed by atoms with Crippen LogP contribution >= 0.6 is 12.2 Å². The highest BCUT2D eigenvalue weighted by molar-refractivity contribution is 7.71. The third kappa shape index (κ3) is 2.08. The van der Waals surface area contributed by atoms with E-state index < -0.39 is 0 Å². The fraction of sp³-hybridized carbons (Fsp3) is 0. The van der Waals surface area contributed by atoms with E-state index in [4.69, 9.17) is 12.2 Å². The van der Waals surface area contributed by atoms with Crippen LogP contribution in [0.4, 0.5) is 0 Å². The predicted octanol–water partition coefficient (Wildman–Crippen LogP) is 2.94. The Kier molecular flexibility index (Phi) is 2.97. The van der Waals surface area contributed by atoms with Gasteiger partial charge in [0.15, 0.2) is 5.82 Å². The van der Waals surface area contributed by atoms with Gasteiger partial charge >= 0.3 is 0 Å². The zero-order valence-electron chi connectivity index (χ0n) is 11.3. The average Bonchev–Trinajstić information content (AvgIpc) is 3.01. The van der Waals surface area contributed by atoms with Crippen molar-refractivity contribution in [2.75, 3.05) is 0 Å². The molecule has 4 aromatic rings. The SMILES string of the molecule is S=c1nc[nH]c2c1cnn2-c1ccc(-c2ccccc2)nn1. The summed E-state index contributed by atoms with van der Waals surface area (Å²) in [5.74, 6) is 0.617. The average molecular weight is 306 g/mol. The summed E-state index contributed by atoms with van der Waals surface area (Å²) in [5.41, 5.74) is 2.59. The molecule has 1 N–H and O–H groups in total. The molecule has 0 bridgehead atoms. The van der Waals surface area contributed by atoms with Crippen LogP contribution in [0.2, 0.25) is 0 Å². The molecule has 0 aliphatic carbocycles. The van der Waals surface area contributed by atoms with Crippen LogP contribution in [0.1, 0.15) is 0 Å². The lowest BCUT2D eigenvalue weighted by Crippen LogP contribution is -2.02. The molecule has 7 heteroatoms. The van der Waals surface area contributed by atoms with Crippen molar-refractivity contribution in [3.05, 3.63) is 59.6 Å². The largest absolute Gasteiger partial charge is 0.330 e. The molecule has 0 fully saturated rings. The Morgan fingerprint density at radius 3 is 2.64 bits per heavy atom. The summed E-state index contributed by atoms with van der Waals surface area (Å²) in [6.07, 6.45) is 3.22. The Balaban J connectivity index is 1.80. The van der Waals surface area contributed by atoms with Gasteiger partial charge in [-0.15, -0.1) is 10.2 Å². The van der Waals surface area contributed by atoms with E-state index in [1.54, 1.807) is 17.2 Å². The number of H-pyrrole nitrogens is 1. The van der Waals surface area contributed by atoms with Gasteiger partial charge in [-0.2, -0.15) is 9.78 Å². The quantitative estimate of drug-likeness (QED) is 0.576. The van der Waals surface area contributed by atoms with Gasteiger partial charge in [0.25, 0.3) is 0 Å². The van der Waals surface area contributed by atoms with Crippen molar-refractivity contribution in [3.63, 3.8) is 0 Å². The van der Waals surface area contributed by atoms with Crippen LogP contribution in [-0.4, -0.2) is 29.9 Å². The van der Waals surface area contributed by atoms with Crippen LogP contribution in [0.3, 0.4) is 0 Å². The molecular formula is C15H10N6S. The predicted molar refractivity (Wildman–Crippen MR) is 85.1 cm³/mol. The minimum Gasteiger partial charge on any atom is -0.330 e. The second-order valence-electron chi connectivity index (χ2n) is 4.67. The van der Waals surface area contributed by atoms with E-state index in [1.807, 2.05) is 42.5 Å². The second kappa shape index (κ2) is 5.12. The summed E-state index contributed by atoms with van der Waals surface area (Å²) in [6, 6.07) is 13.7. The number of aromatic amines is 1. The van der Waals surface area contributed by atoms with Crippen LogP contribution in [-0.2, 0) is 0 Å². The highest BCUT2D eigenvalue weighted by Crippen LogP contribution is 2.18. The molecule has 0 spiro atoms. The van der Waals surface area contributed by atoms with Gasteiger partial charge in [-0.25, -0.2) is 4.98 Å². The third-order valence-electron chi connectivity index (χ3n) is 3.32. The minimum atomic E-state index is 0.508. The van der Waals surface area contributed by atoms with E-state index in [9.17, 15) is 0 Å². The molecule has 0 radical (unpaired) electrons. The summed E-state index contributed by atoms with van der Waals surface area (Å²) in [4.78, 5) is 7.08. The molecule has 3 aromatic heterocycles. The van der Waals surface area contributed by atoms with Gasteiger partial charge in [0.05, 0.1) is 23.6 Å². The van der Waals surface area contributed by atoms with Crippen LogP contribution in [0.25, 0.3) is 28.1 Å². The first-order valence-corrected chi connectivity index (χ1v) is 7.05. The van der Waals surface area contributed by atoms with E-state index in [2.05, 4.69) is 25.3 Å². The third-order valence-corrected chi connectivity index (χ3v) is 3.65. The first-order chi connectivity index (χ1) is 10.8. The van der Waals surface area contributed by atoms with Crippen molar-refractivity contribution in [1.29, 1.82) is 0 Å². The normalized spacial score (nSPS) is 10.9. The van der Waals surface area contributed by atoms with Gasteiger partial charge < -0.3 is 4.98 Å². The standard InChI is InChI=1S/C15H10N6S/c22-15-11-8-18-21(14(11)16-9-17-15)13-7-6-12(19-20-13)10-4-2-1-3-5-10/h1-9H,(H,16,17,22). The molecule has 22 heavy (non-hydrogen) atoms. The lowest BCUT2D eigenvalue weighted by atomic mass is 10.1. The number of fused-ring (bicyclic) bond motifs is 1. The molecule has 106 valence electrons. The molecule has 0 unspecified atom stereocenters. The topological polar surface area (TPSA) is 72.3 Å². The molecule has 0 saturated carbocycles. The molecular weight excluding hydrogens is 296 g/mol. The summed E-state index contributed by atoms with van der Waals surface area (Å²) < 4.78 is 2.17. The molecule has 0 atom stereocenters.